The molecule has 2 unspecified atom stereocenters. The molecule has 4 heteroatoms. The first kappa shape index (κ1) is 14.1. The van der Waals surface area contributed by atoms with Crippen molar-refractivity contribution in [3.8, 4) is 0 Å². The first-order valence-electron chi connectivity index (χ1n) is 4.93. The number of aliphatic hydroxyl groups excluding tert-OH is 1. The van der Waals surface area contributed by atoms with Gasteiger partial charge in [-0.2, -0.15) is 0 Å². The summed E-state index contributed by atoms with van der Waals surface area (Å²) < 4.78 is 19.6. The Bertz CT molecular complexity index is 204. The maximum atomic E-state index is 10.7. The summed E-state index contributed by atoms with van der Waals surface area (Å²) in [5, 5.41) is 9.25. The molecule has 0 aliphatic rings. The first-order valence-corrected chi connectivity index (χ1v) is 6.20. The van der Waals surface area contributed by atoms with Gasteiger partial charge in [-0.25, -0.2) is 4.21 Å². The summed E-state index contributed by atoms with van der Waals surface area (Å²) in [6, 6.07) is 0. The molecule has 2 N–H and O–H groups in total. The van der Waals surface area contributed by atoms with Crippen LogP contribution in [-0.2, 0) is 11.1 Å². The van der Waals surface area contributed by atoms with Crippen molar-refractivity contribution >= 4 is 11.1 Å². The standard InChI is InChI=1S/C10H22O3S/c1-5-9(2,3)6-10(4,7-11)8-14(12)13/h11H,5-8H2,1-4H3,(H,12,13). The molecule has 0 bridgehead atoms. The molecule has 86 valence electrons. The quantitative estimate of drug-likeness (QED) is 0.676. The van der Waals surface area contributed by atoms with Crippen molar-refractivity contribution in [3.05, 3.63) is 0 Å². The van der Waals surface area contributed by atoms with Crippen LogP contribution in [0, 0.1) is 10.8 Å². The van der Waals surface area contributed by atoms with Gasteiger partial charge in [0.05, 0.1) is 5.75 Å². The van der Waals surface area contributed by atoms with Crippen LogP contribution in [-0.4, -0.2) is 26.2 Å². The lowest BCUT2D eigenvalue weighted by molar-refractivity contribution is 0.103. The predicted molar refractivity (Wildman–Crippen MR) is 59.5 cm³/mol. The van der Waals surface area contributed by atoms with Gasteiger partial charge in [-0.05, 0) is 11.8 Å². The van der Waals surface area contributed by atoms with Crippen molar-refractivity contribution in [1.29, 1.82) is 0 Å². The van der Waals surface area contributed by atoms with E-state index in [-0.39, 0.29) is 17.8 Å². The molecule has 0 aliphatic carbocycles. The predicted octanol–water partition coefficient (Wildman–Crippen LogP) is 2.03. The molecule has 0 aromatic carbocycles. The molecular formula is C10H22O3S. The topological polar surface area (TPSA) is 57.5 Å². The summed E-state index contributed by atoms with van der Waals surface area (Å²) in [6.07, 6.45) is 1.76. The van der Waals surface area contributed by atoms with Gasteiger partial charge in [0.15, 0.2) is 11.1 Å². The molecule has 0 rings (SSSR count). The van der Waals surface area contributed by atoms with Crippen molar-refractivity contribution in [2.45, 2.75) is 40.5 Å². The van der Waals surface area contributed by atoms with E-state index in [9.17, 15) is 9.32 Å². The molecular weight excluding hydrogens is 200 g/mol. The van der Waals surface area contributed by atoms with Crippen LogP contribution in [0.2, 0.25) is 0 Å². The zero-order chi connectivity index (χ0) is 11.4. The highest BCUT2D eigenvalue weighted by Crippen LogP contribution is 2.36. The van der Waals surface area contributed by atoms with Gasteiger partial charge in [-0.3, -0.25) is 0 Å². The van der Waals surface area contributed by atoms with Crippen LogP contribution in [0.5, 0.6) is 0 Å². The summed E-state index contributed by atoms with van der Waals surface area (Å²) >= 11 is -1.83. The Labute approximate surface area is 89.2 Å². The lowest BCUT2D eigenvalue weighted by atomic mass is 9.74. The Balaban J connectivity index is 4.46. The smallest absolute Gasteiger partial charge is 0.153 e. The zero-order valence-corrected chi connectivity index (χ0v) is 10.4. The second-order valence-corrected chi connectivity index (χ2v) is 6.06. The molecule has 0 amide bonds. The summed E-state index contributed by atoms with van der Waals surface area (Å²) in [4.78, 5) is 0. The van der Waals surface area contributed by atoms with Crippen LogP contribution < -0.4 is 0 Å². The third kappa shape index (κ3) is 5.08. The highest BCUT2D eigenvalue weighted by atomic mass is 32.2. The minimum atomic E-state index is -1.83. The molecule has 0 spiro atoms. The zero-order valence-electron chi connectivity index (χ0n) is 9.54. The lowest BCUT2D eigenvalue weighted by Crippen LogP contribution is -2.33. The third-order valence-electron chi connectivity index (χ3n) is 2.72. The third-order valence-corrected chi connectivity index (χ3v) is 3.66. The minimum absolute atomic E-state index is 0.0390. The van der Waals surface area contributed by atoms with E-state index in [0.717, 1.165) is 12.8 Å². The molecule has 0 radical (unpaired) electrons. The van der Waals surface area contributed by atoms with E-state index in [4.69, 9.17) is 4.55 Å². The van der Waals surface area contributed by atoms with Gasteiger partial charge in [0, 0.05) is 12.0 Å². The molecule has 0 aliphatic heterocycles. The SMILES string of the molecule is CCC(C)(C)CC(C)(CO)CS(=O)O. The largest absolute Gasteiger partial charge is 0.396 e. The lowest BCUT2D eigenvalue weighted by Gasteiger charge is -2.34. The van der Waals surface area contributed by atoms with E-state index in [0.29, 0.717) is 0 Å². The van der Waals surface area contributed by atoms with Crippen molar-refractivity contribution < 1.29 is 13.9 Å². The number of rotatable bonds is 6. The number of hydrogen-bond donors (Lipinski definition) is 2. The van der Waals surface area contributed by atoms with Crippen molar-refractivity contribution in [2.75, 3.05) is 12.4 Å². The number of aliphatic hydroxyl groups is 1. The van der Waals surface area contributed by atoms with Gasteiger partial charge in [-0.1, -0.05) is 34.1 Å². The van der Waals surface area contributed by atoms with E-state index in [1.165, 1.54) is 0 Å². The van der Waals surface area contributed by atoms with Gasteiger partial charge in [-0.15, -0.1) is 0 Å². The molecule has 0 saturated carbocycles. The van der Waals surface area contributed by atoms with Gasteiger partial charge in [0.25, 0.3) is 0 Å². The van der Waals surface area contributed by atoms with Crippen LogP contribution in [0.3, 0.4) is 0 Å². The Hall–Kier alpha value is 0.0700. The fraction of sp³-hybridized carbons (Fsp3) is 1.00. The molecule has 0 fully saturated rings. The Morgan fingerprint density at radius 2 is 1.79 bits per heavy atom. The normalized spacial score (nSPS) is 19.0. The van der Waals surface area contributed by atoms with E-state index in [1.54, 1.807) is 0 Å². The summed E-state index contributed by atoms with van der Waals surface area (Å²) in [7, 11) is 0. The highest BCUT2D eigenvalue weighted by Gasteiger charge is 2.32. The fourth-order valence-electron chi connectivity index (χ4n) is 1.73. The van der Waals surface area contributed by atoms with Gasteiger partial charge < -0.3 is 9.66 Å². The first-order chi connectivity index (χ1) is 6.24. The van der Waals surface area contributed by atoms with E-state index in [1.807, 2.05) is 6.92 Å². The van der Waals surface area contributed by atoms with Crippen molar-refractivity contribution in [1.82, 2.24) is 0 Å². The molecule has 3 nitrogen and oxygen atoms in total. The molecule has 0 heterocycles. The summed E-state index contributed by atoms with van der Waals surface area (Å²) in [5.41, 5.74) is -0.337. The molecule has 0 aromatic heterocycles. The van der Waals surface area contributed by atoms with Gasteiger partial charge >= 0.3 is 0 Å². The molecule has 0 saturated heterocycles. The summed E-state index contributed by atoms with van der Waals surface area (Å²) in [6.45, 7) is 8.14. The van der Waals surface area contributed by atoms with E-state index >= 15 is 0 Å². The van der Waals surface area contributed by atoms with Crippen molar-refractivity contribution in [2.24, 2.45) is 10.8 Å². The maximum Gasteiger partial charge on any atom is 0.153 e. The van der Waals surface area contributed by atoms with Crippen molar-refractivity contribution in [3.63, 3.8) is 0 Å². The Morgan fingerprint density at radius 3 is 2.07 bits per heavy atom. The Morgan fingerprint density at radius 1 is 1.29 bits per heavy atom. The fourth-order valence-corrected chi connectivity index (χ4v) is 2.52. The summed E-state index contributed by atoms with van der Waals surface area (Å²) in [5.74, 6) is 0.146. The molecule has 14 heavy (non-hydrogen) atoms. The number of hydrogen-bond acceptors (Lipinski definition) is 2. The Kier molecular flexibility index (Phi) is 5.26. The highest BCUT2D eigenvalue weighted by molar-refractivity contribution is 7.79. The van der Waals surface area contributed by atoms with Crippen LogP contribution in [0.15, 0.2) is 0 Å². The maximum absolute atomic E-state index is 10.7. The average molecular weight is 222 g/mol. The van der Waals surface area contributed by atoms with Crippen LogP contribution in [0.4, 0.5) is 0 Å². The molecule has 0 aromatic rings. The van der Waals surface area contributed by atoms with E-state index in [2.05, 4.69) is 20.8 Å². The van der Waals surface area contributed by atoms with Gasteiger partial charge in [0.1, 0.15) is 0 Å². The van der Waals surface area contributed by atoms with Gasteiger partial charge in [0.2, 0.25) is 0 Å². The molecule has 2 atom stereocenters. The monoisotopic (exact) mass is 222 g/mol. The van der Waals surface area contributed by atoms with E-state index < -0.39 is 16.5 Å². The van der Waals surface area contributed by atoms with Crippen LogP contribution in [0.1, 0.15) is 40.5 Å². The second kappa shape index (κ2) is 5.24. The van der Waals surface area contributed by atoms with Crippen LogP contribution >= 0.6 is 0 Å². The average Bonchev–Trinajstić information content (AvgIpc) is 2.02. The van der Waals surface area contributed by atoms with Crippen LogP contribution in [0.25, 0.3) is 0 Å². The second-order valence-electron chi connectivity index (χ2n) is 5.13. The minimum Gasteiger partial charge on any atom is -0.396 e.